The van der Waals surface area contributed by atoms with Gasteiger partial charge in [-0.2, -0.15) is 13.2 Å². The Morgan fingerprint density at radius 2 is 2.11 bits per heavy atom. The van der Waals surface area contributed by atoms with Crippen LogP contribution >= 0.6 is 0 Å². The summed E-state index contributed by atoms with van der Waals surface area (Å²) in [7, 11) is 0. The Hall–Kier alpha value is -1.23. The highest BCUT2D eigenvalue weighted by molar-refractivity contribution is 5.39. The molecule has 0 spiro atoms. The van der Waals surface area contributed by atoms with Gasteiger partial charge in [0.2, 0.25) is 0 Å². The topological polar surface area (TPSA) is 29.5 Å². The fourth-order valence-electron chi connectivity index (χ4n) is 2.05. The monoisotopic (exact) mass is 260 g/mol. The van der Waals surface area contributed by atoms with Gasteiger partial charge < -0.3 is 9.84 Å². The van der Waals surface area contributed by atoms with Crippen LogP contribution in [0.15, 0.2) is 18.2 Å². The standard InChI is InChI=1S/C13H15F3O2/c14-13(15,16)6-5-11(17)9-3-4-12-10(8-9)2-1-7-18-12/h3-4,8,11,17H,1-2,5-7H2. The highest BCUT2D eigenvalue weighted by Crippen LogP contribution is 2.31. The number of ether oxygens (including phenoxy) is 1. The largest absolute Gasteiger partial charge is 0.493 e. The molecule has 18 heavy (non-hydrogen) atoms. The Morgan fingerprint density at radius 1 is 1.33 bits per heavy atom. The maximum atomic E-state index is 12.1. The van der Waals surface area contributed by atoms with E-state index in [2.05, 4.69) is 0 Å². The van der Waals surface area contributed by atoms with Gasteiger partial charge in [0.25, 0.3) is 0 Å². The summed E-state index contributed by atoms with van der Waals surface area (Å²) in [5.41, 5.74) is 1.49. The maximum Gasteiger partial charge on any atom is 0.389 e. The van der Waals surface area contributed by atoms with Crippen molar-refractivity contribution in [3.63, 3.8) is 0 Å². The van der Waals surface area contributed by atoms with Crippen molar-refractivity contribution in [3.05, 3.63) is 29.3 Å². The van der Waals surface area contributed by atoms with Crippen LogP contribution in [-0.4, -0.2) is 17.9 Å². The molecule has 5 heteroatoms. The molecule has 2 nitrogen and oxygen atoms in total. The second-order valence-corrected chi connectivity index (χ2v) is 4.49. The molecular formula is C13H15F3O2. The lowest BCUT2D eigenvalue weighted by atomic mass is 9.98. The van der Waals surface area contributed by atoms with E-state index in [4.69, 9.17) is 4.74 Å². The first-order valence-electron chi connectivity index (χ1n) is 5.96. The predicted octanol–water partition coefficient (Wildman–Crippen LogP) is 3.39. The van der Waals surface area contributed by atoms with Crippen molar-refractivity contribution in [1.82, 2.24) is 0 Å². The molecule has 100 valence electrons. The summed E-state index contributed by atoms with van der Waals surface area (Å²) in [6.45, 7) is 0.670. The molecule has 0 saturated heterocycles. The summed E-state index contributed by atoms with van der Waals surface area (Å²) in [6, 6.07) is 5.10. The van der Waals surface area contributed by atoms with Crippen LogP contribution < -0.4 is 4.74 Å². The van der Waals surface area contributed by atoms with Gasteiger partial charge in [0, 0.05) is 6.42 Å². The molecule has 1 aromatic carbocycles. The molecule has 2 rings (SSSR count). The van der Waals surface area contributed by atoms with E-state index in [9.17, 15) is 18.3 Å². The van der Waals surface area contributed by atoms with E-state index in [0.29, 0.717) is 12.2 Å². The Labute approximate surface area is 103 Å². The molecular weight excluding hydrogens is 245 g/mol. The molecule has 0 radical (unpaired) electrons. The lowest BCUT2D eigenvalue weighted by Gasteiger charge is -2.19. The van der Waals surface area contributed by atoms with Gasteiger partial charge in [-0.3, -0.25) is 0 Å². The minimum Gasteiger partial charge on any atom is -0.493 e. The number of fused-ring (bicyclic) bond motifs is 1. The number of aliphatic hydroxyl groups excluding tert-OH is 1. The van der Waals surface area contributed by atoms with Gasteiger partial charge in [-0.15, -0.1) is 0 Å². The Kier molecular flexibility index (Phi) is 3.80. The van der Waals surface area contributed by atoms with Crippen molar-refractivity contribution in [1.29, 1.82) is 0 Å². The normalized spacial score (nSPS) is 16.9. The SMILES string of the molecule is OC(CCC(F)(F)F)c1ccc2c(c1)CCCO2. The van der Waals surface area contributed by atoms with Crippen LogP contribution in [0.3, 0.4) is 0 Å². The molecule has 1 aliphatic heterocycles. The van der Waals surface area contributed by atoms with E-state index >= 15 is 0 Å². The molecule has 1 aliphatic rings. The second-order valence-electron chi connectivity index (χ2n) is 4.49. The molecule has 0 aromatic heterocycles. The molecule has 0 fully saturated rings. The van der Waals surface area contributed by atoms with Gasteiger partial charge in [0.1, 0.15) is 5.75 Å². The van der Waals surface area contributed by atoms with E-state index in [-0.39, 0.29) is 6.42 Å². The Morgan fingerprint density at radius 3 is 2.83 bits per heavy atom. The first-order chi connectivity index (χ1) is 8.46. The zero-order valence-corrected chi connectivity index (χ0v) is 9.83. The summed E-state index contributed by atoms with van der Waals surface area (Å²) >= 11 is 0. The number of rotatable bonds is 3. The van der Waals surface area contributed by atoms with E-state index in [1.165, 1.54) is 0 Å². The van der Waals surface area contributed by atoms with Crippen LogP contribution in [-0.2, 0) is 6.42 Å². The van der Waals surface area contributed by atoms with Crippen molar-refractivity contribution in [2.24, 2.45) is 0 Å². The summed E-state index contributed by atoms with van der Waals surface area (Å²) in [6.07, 6.45) is -4.83. The molecule has 0 saturated carbocycles. The molecule has 1 N–H and O–H groups in total. The Balaban J connectivity index is 2.04. The van der Waals surface area contributed by atoms with Gasteiger partial charge in [-0.1, -0.05) is 6.07 Å². The lowest BCUT2D eigenvalue weighted by Crippen LogP contribution is -2.11. The molecule has 0 bridgehead atoms. The van der Waals surface area contributed by atoms with Crippen molar-refractivity contribution in [2.45, 2.75) is 38.0 Å². The number of aryl methyl sites for hydroxylation is 1. The third-order valence-electron chi connectivity index (χ3n) is 3.02. The minimum absolute atomic E-state index is 0.302. The smallest absolute Gasteiger partial charge is 0.389 e. The summed E-state index contributed by atoms with van der Waals surface area (Å²) in [4.78, 5) is 0. The molecule has 1 unspecified atom stereocenters. The van der Waals surface area contributed by atoms with Crippen molar-refractivity contribution in [3.8, 4) is 5.75 Å². The molecule has 1 heterocycles. The minimum atomic E-state index is -4.22. The van der Waals surface area contributed by atoms with Gasteiger partial charge in [0.15, 0.2) is 0 Å². The maximum absolute atomic E-state index is 12.1. The number of hydrogen-bond acceptors (Lipinski definition) is 2. The molecule has 0 aliphatic carbocycles. The van der Waals surface area contributed by atoms with Crippen molar-refractivity contribution in [2.75, 3.05) is 6.61 Å². The quantitative estimate of drug-likeness (QED) is 0.902. The predicted molar refractivity (Wildman–Crippen MR) is 60.5 cm³/mol. The summed E-state index contributed by atoms with van der Waals surface area (Å²) in [5.74, 6) is 0.771. The highest BCUT2D eigenvalue weighted by atomic mass is 19.4. The van der Waals surface area contributed by atoms with Crippen LogP contribution in [0.5, 0.6) is 5.75 Å². The lowest BCUT2D eigenvalue weighted by molar-refractivity contribution is -0.140. The van der Waals surface area contributed by atoms with Gasteiger partial charge in [-0.25, -0.2) is 0 Å². The fraction of sp³-hybridized carbons (Fsp3) is 0.538. The third-order valence-corrected chi connectivity index (χ3v) is 3.02. The van der Waals surface area contributed by atoms with Crippen molar-refractivity contribution >= 4 is 0 Å². The van der Waals surface area contributed by atoms with E-state index < -0.39 is 18.7 Å². The zero-order valence-electron chi connectivity index (χ0n) is 9.83. The van der Waals surface area contributed by atoms with Crippen LogP contribution in [0.1, 0.15) is 36.5 Å². The Bertz CT molecular complexity index is 415. The number of aliphatic hydroxyl groups is 1. The summed E-state index contributed by atoms with van der Waals surface area (Å²) in [5, 5.41) is 9.74. The first-order valence-corrected chi connectivity index (χ1v) is 5.96. The van der Waals surface area contributed by atoms with Crippen LogP contribution in [0, 0.1) is 0 Å². The van der Waals surface area contributed by atoms with Gasteiger partial charge in [-0.05, 0) is 42.5 Å². The molecule has 0 amide bonds. The number of hydrogen-bond donors (Lipinski definition) is 1. The molecule has 1 aromatic rings. The van der Waals surface area contributed by atoms with E-state index in [0.717, 1.165) is 24.2 Å². The average Bonchev–Trinajstić information content (AvgIpc) is 2.34. The summed E-state index contributed by atoms with van der Waals surface area (Å²) < 4.78 is 41.6. The second kappa shape index (κ2) is 5.18. The number of alkyl halides is 3. The first kappa shape index (κ1) is 13.2. The average molecular weight is 260 g/mol. The number of benzene rings is 1. The van der Waals surface area contributed by atoms with Crippen LogP contribution in [0.4, 0.5) is 13.2 Å². The highest BCUT2D eigenvalue weighted by Gasteiger charge is 2.28. The van der Waals surface area contributed by atoms with Gasteiger partial charge in [0.05, 0.1) is 12.7 Å². The van der Waals surface area contributed by atoms with Crippen LogP contribution in [0.2, 0.25) is 0 Å². The zero-order chi connectivity index (χ0) is 13.2. The van der Waals surface area contributed by atoms with Gasteiger partial charge >= 0.3 is 6.18 Å². The van der Waals surface area contributed by atoms with Crippen LogP contribution in [0.25, 0.3) is 0 Å². The third kappa shape index (κ3) is 3.38. The fourth-order valence-corrected chi connectivity index (χ4v) is 2.05. The molecule has 1 atom stereocenters. The van der Waals surface area contributed by atoms with Crippen molar-refractivity contribution < 1.29 is 23.0 Å². The van der Waals surface area contributed by atoms with E-state index in [1.54, 1.807) is 18.2 Å². The number of halogens is 3. The van der Waals surface area contributed by atoms with E-state index in [1.807, 2.05) is 0 Å².